The second kappa shape index (κ2) is 10.9. The number of ether oxygens (including phenoxy) is 1. The number of β-amino-alcohol motifs (C(OH)–C–C–N with tert-alkyl or cyclic N) is 1. The maximum Gasteiger partial charge on any atom is 0.407 e. The van der Waals surface area contributed by atoms with E-state index in [0.29, 0.717) is 6.42 Å². The lowest BCUT2D eigenvalue weighted by Gasteiger charge is -2.25. The highest BCUT2D eigenvalue weighted by atomic mass is 16.5. The van der Waals surface area contributed by atoms with Crippen LogP contribution in [-0.4, -0.2) is 64.4 Å². The molecule has 0 radical (unpaired) electrons. The van der Waals surface area contributed by atoms with E-state index in [9.17, 15) is 24.6 Å². The number of aliphatic hydroxyl groups excluding tert-OH is 1. The van der Waals surface area contributed by atoms with Crippen LogP contribution in [0.3, 0.4) is 0 Å². The Balaban J connectivity index is 1.39. The third-order valence-electron chi connectivity index (χ3n) is 6.88. The molecule has 1 unspecified atom stereocenters. The molecular weight excluding hydrogens is 448 g/mol. The van der Waals surface area contributed by atoms with Crippen LogP contribution in [0.2, 0.25) is 0 Å². The van der Waals surface area contributed by atoms with Crippen LogP contribution in [0.25, 0.3) is 11.1 Å². The van der Waals surface area contributed by atoms with Gasteiger partial charge in [0.25, 0.3) is 0 Å². The number of nitrogens with zero attached hydrogens (tertiary/aromatic N) is 1. The molecule has 1 saturated heterocycles. The van der Waals surface area contributed by atoms with Crippen molar-refractivity contribution in [1.29, 1.82) is 0 Å². The number of nitrogens with one attached hydrogen (secondary N) is 1. The van der Waals surface area contributed by atoms with E-state index >= 15 is 0 Å². The number of hydrogen-bond donors (Lipinski definition) is 3. The van der Waals surface area contributed by atoms with Gasteiger partial charge in [0.15, 0.2) is 0 Å². The van der Waals surface area contributed by atoms with Gasteiger partial charge < -0.3 is 25.2 Å². The molecular formula is C27H32N2O6. The van der Waals surface area contributed by atoms with E-state index in [-0.39, 0.29) is 31.9 Å². The topological polar surface area (TPSA) is 116 Å². The third-order valence-corrected chi connectivity index (χ3v) is 6.88. The molecule has 0 aromatic heterocycles. The van der Waals surface area contributed by atoms with E-state index in [1.165, 1.54) is 4.90 Å². The molecule has 0 saturated carbocycles. The Morgan fingerprint density at radius 2 is 1.71 bits per heavy atom. The number of amides is 2. The first kappa shape index (κ1) is 24.7. The molecule has 186 valence electrons. The smallest absolute Gasteiger partial charge is 0.407 e. The fourth-order valence-corrected chi connectivity index (χ4v) is 5.13. The molecule has 2 aromatic rings. The number of carboxylic acid groups (broad SMARTS) is 1. The van der Waals surface area contributed by atoms with Crippen LogP contribution >= 0.6 is 0 Å². The van der Waals surface area contributed by atoms with Crippen molar-refractivity contribution in [2.75, 3.05) is 13.2 Å². The SMILES string of the molecule is CCCCC(CC(=O)N1C[C@H](O)C[C@H]1C(=O)O)NC(=O)OCC1c2ccccc2-c2ccccc21. The molecule has 3 N–H and O–H groups in total. The van der Waals surface area contributed by atoms with Gasteiger partial charge in [0.05, 0.1) is 6.10 Å². The highest BCUT2D eigenvalue weighted by Gasteiger charge is 2.39. The molecule has 1 fully saturated rings. The zero-order chi connectivity index (χ0) is 24.9. The first-order valence-electron chi connectivity index (χ1n) is 12.2. The quantitative estimate of drug-likeness (QED) is 0.506. The Bertz CT molecular complexity index is 1040. The molecule has 3 atom stereocenters. The van der Waals surface area contributed by atoms with E-state index < -0.39 is 36.2 Å². The number of alkyl carbamates (subject to hydrolysis) is 1. The van der Waals surface area contributed by atoms with Crippen LogP contribution in [0.5, 0.6) is 0 Å². The maximum absolute atomic E-state index is 12.9. The number of carbonyl (C=O) groups excluding carboxylic acids is 2. The van der Waals surface area contributed by atoms with Crippen LogP contribution in [-0.2, 0) is 14.3 Å². The summed E-state index contributed by atoms with van der Waals surface area (Å²) in [7, 11) is 0. The third kappa shape index (κ3) is 5.48. The fourth-order valence-electron chi connectivity index (χ4n) is 5.13. The van der Waals surface area contributed by atoms with Crippen molar-refractivity contribution >= 4 is 18.0 Å². The van der Waals surface area contributed by atoms with Crippen molar-refractivity contribution in [2.24, 2.45) is 0 Å². The Morgan fingerprint density at radius 3 is 2.31 bits per heavy atom. The number of aliphatic hydroxyl groups is 1. The summed E-state index contributed by atoms with van der Waals surface area (Å²) < 4.78 is 5.62. The molecule has 8 nitrogen and oxygen atoms in total. The number of carbonyl (C=O) groups is 3. The molecule has 1 heterocycles. The second-order valence-electron chi connectivity index (χ2n) is 9.30. The van der Waals surface area contributed by atoms with Gasteiger partial charge in [-0.1, -0.05) is 68.3 Å². The fraction of sp³-hybridized carbons (Fsp3) is 0.444. The van der Waals surface area contributed by atoms with Crippen molar-refractivity contribution in [3.63, 3.8) is 0 Å². The van der Waals surface area contributed by atoms with Crippen LogP contribution in [0, 0.1) is 0 Å². The summed E-state index contributed by atoms with van der Waals surface area (Å²) >= 11 is 0. The van der Waals surface area contributed by atoms with Crippen molar-refractivity contribution in [3.8, 4) is 11.1 Å². The van der Waals surface area contributed by atoms with E-state index in [1.54, 1.807) is 0 Å². The molecule has 1 aliphatic carbocycles. The summed E-state index contributed by atoms with van der Waals surface area (Å²) in [6.07, 6.45) is 0.771. The summed E-state index contributed by atoms with van der Waals surface area (Å²) in [6, 6.07) is 14.7. The second-order valence-corrected chi connectivity index (χ2v) is 9.30. The molecule has 2 amide bonds. The van der Waals surface area contributed by atoms with Crippen molar-refractivity contribution < 1.29 is 29.3 Å². The standard InChI is InChI=1S/C27H32N2O6/c1-2-3-8-17(13-25(31)29-15-18(30)14-24(29)26(32)33)28-27(34)35-16-23-21-11-6-4-9-19(21)20-10-5-7-12-22(20)23/h4-7,9-12,17-18,23-24,30H,2-3,8,13-16H2,1H3,(H,28,34)(H,32,33)/t17?,18-,24+/m1/s1. The minimum Gasteiger partial charge on any atom is -0.480 e. The summed E-state index contributed by atoms with van der Waals surface area (Å²) in [6.45, 7) is 2.18. The predicted octanol–water partition coefficient (Wildman–Crippen LogP) is 3.52. The molecule has 4 rings (SSSR count). The Morgan fingerprint density at radius 1 is 1.09 bits per heavy atom. The summed E-state index contributed by atoms with van der Waals surface area (Å²) in [5.74, 6) is -1.59. The van der Waals surface area contributed by atoms with Crippen LogP contribution in [0.4, 0.5) is 4.79 Å². The number of likely N-dealkylation sites (tertiary alicyclic amines) is 1. The van der Waals surface area contributed by atoms with Crippen molar-refractivity contribution in [1.82, 2.24) is 10.2 Å². The molecule has 35 heavy (non-hydrogen) atoms. The van der Waals surface area contributed by atoms with Crippen LogP contribution in [0.15, 0.2) is 48.5 Å². The van der Waals surface area contributed by atoms with Crippen LogP contribution < -0.4 is 5.32 Å². The number of unbranched alkanes of at least 4 members (excludes halogenated alkanes) is 1. The first-order valence-corrected chi connectivity index (χ1v) is 12.2. The number of carboxylic acids is 1. The Labute approximate surface area is 204 Å². The Hall–Kier alpha value is -3.39. The lowest BCUT2D eigenvalue weighted by molar-refractivity contribution is -0.148. The average Bonchev–Trinajstić information content (AvgIpc) is 3.39. The molecule has 0 spiro atoms. The average molecular weight is 481 g/mol. The summed E-state index contributed by atoms with van der Waals surface area (Å²) in [5, 5.41) is 22.1. The maximum atomic E-state index is 12.9. The molecule has 2 aromatic carbocycles. The highest BCUT2D eigenvalue weighted by molar-refractivity contribution is 5.85. The summed E-state index contributed by atoms with van der Waals surface area (Å²) in [4.78, 5) is 38.3. The molecule has 0 bridgehead atoms. The van der Waals surface area contributed by atoms with Gasteiger partial charge in [0.1, 0.15) is 12.6 Å². The van der Waals surface area contributed by atoms with Gasteiger partial charge in [-0.3, -0.25) is 4.79 Å². The van der Waals surface area contributed by atoms with Gasteiger partial charge in [-0.05, 0) is 28.7 Å². The monoisotopic (exact) mass is 480 g/mol. The van der Waals surface area contributed by atoms with E-state index in [2.05, 4.69) is 17.4 Å². The summed E-state index contributed by atoms with van der Waals surface area (Å²) in [5.41, 5.74) is 4.52. The number of hydrogen-bond acceptors (Lipinski definition) is 5. The predicted molar refractivity (Wildman–Crippen MR) is 130 cm³/mol. The minimum atomic E-state index is -1.13. The van der Waals surface area contributed by atoms with E-state index in [1.807, 2.05) is 43.3 Å². The lowest BCUT2D eigenvalue weighted by Crippen LogP contribution is -2.45. The van der Waals surface area contributed by atoms with Gasteiger partial charge in [-0.2, -0.15) is 0 Å². The van der Waals surface area contributed by atoms with Gasteiger partial charge >= 0.3 is 12.1 Å². The number of aliphatic carboxylic acids is 1. The van der Waals surface area contributed by atoms with Crippen LogP contribution in [0.1, 0.15) is 56.1 Å². The first-order chi connectivity index (χ1) is 16.9. The number of benzene rings is 2. The van der Waals surface area contributed by atoms with Gasteiger partial charge in [-0.25, -0.2) is 9.59 Å². The Kier molecular flexibility index (Phi) is 7.70. The van der Waals surface area contributed by atoms with Crippen molar-refractivity contribution in [3.05, 3.63) is 59.7 Å². The zero-order valence-corrected chi connectivity index (χ0v) is 19.9. The normalized spacial score (nSPS) is 19.7. The lowest BCUT2D eigenvalue weighted by atomic mass is 9.98. The van der Waals surface area contributed by atoms with E-state index in [4.69, 9.17) is 4.74 Å². The highest BCUT2D eigenvalue weighted by Crippen LogP contribution is 2.44. The number of rotatable bonds is 9. The van der Waals surface area contributed by atoms with Gasteiger partial charge in [0, 0.05) is 31.3 Å². The molecule has 2 aliphatic rings. The van der Waals surface area contributed by atoms with Gasteiger partial charge in [0.2, 0.25) is 5.91 Å². The van der Waals surface area contributed by atoms with Gasteiger partial charge in [-0.15, -0.1) is 0 Å². The number of fused-ring (bicyclic) bond motifs is 3. The minimum absolute atomic E-state index is 0.0127. The largest absolute Gasteiger partial charge is 0.480 e. The molecule has 1 aliphatic heterocycles. The van der Waals surface area contributed by atoms with E-state index in [0.717, 1.165) is 35.1 Å². The zero-order valence-electron chi connectivity index (χ0n) is 19.9. The molecule has 8 heteroatoms. The van der Waals surface area contributed by atoms with Crippen molar-refractivity contribution in [2.45, 2.75) is 63.1 Å².